The summed E-state index contributed by atoms with van der Waals surface area (Å²) in [5.74, 6) is 0.0918. The molecule has 0 saturated carbocycles. The average molecular weight is 270 g/mol. The van der Waals surface area contributed by atoms with E-state index in [9.17, 15) is 9.90 Å². The third-order valence-corrected chi connectivity index (χ3v) is 5.06. The van der Waals surface area contributed by atoms with Gasteiger partial charge in [-0.25, -0.2) is 0 Å². The van der Waals surface area contributed by atoms with E-state index in [1.807, 2.05) is 32.0 Å². The molecule has 1 aliphatic carbocycles. The van der Waals surface area contributed by atoms with Crippen LogP contribution in [0.15, 0.2) is 24.0 Å². The first-order valence-electron chi connectivity index (χ1n) is 7.28. The minimum Gasteiger partial charge on any atom is -0.511 e. The highest BCUT2D eigenvalue weighted by Crippen LogP contribution is 2.53. The maximum absolute atomic E-state index is 12.8. The van der Waals surface area contributed by atoms with E-state index in [4.69, 9.17) is 4.74 Å². The van der Waals surface area contributed by atoms with E-state index in [-0.39, 0.29) is 35.6 Å². The van der Waals surface area contributed by atoms with Crippen molar-refractivity contribution in [2.24, 2.45) is 11.8 Å². The van der Waals surface area contributed by atoms with Crippen molar-refractivity contribution in [3.63, 3.8) is 0 Å². The fourth-order valence-corrected chi connectivity index (χ4v) is 4.09. The van der Waals surface area contributed by atoms with Gasteiger partial charge < -0.3 is 9.84 Å². The molecule has 0 unspecified atom stereocenters. The summed E-state index contributed by atoms with van der Waals surface area (Å²) in [4.78, 5) is 12.8. The highest BCUT2D eigenvalue weighted by molar-refractivity contribution is 6.25. The second-order valence-corrected chi connectivity index (χ2v) is 6.28. The predicted molar refractivity (Wildman–Crippen MR) is 75.3 cm³/mol. The van der Waals surface area contributed by atoms with Gasteiger partial charge in [0.05, 0.1) is 29.6 Å². The Hall–Kier alpha value is -1.61. The van der Waals surface area contributed by atoms with Crippen molar-refractivity contribution in [1.82, 2.24) is 0 Å². The predicted octanol–water partition coefficient (Wildman–Crippen LogP) is 2.95. The number of ketones is 1. The number of ether oxygens (including phenoxy) is 1. The van der Waals surface area contributed by atoms with Crippen molar-refractivity contribution in [3.05, 3.63) is 40.6 Å². The molecule has 2 fully saturated rings. The van der Waals surface area contributed by atoms with E-state index >= 15 is 0 Å². The molecule has 1 N–H and O–H groups in total. The van der Waals surface area contributed by atoms with Crippen molar-refractivity contribution in [3.8, 4) is 0 Å². The first-order chi connectivity index (χ1) is 9.58. The minimum absolute atomic E-state index is 0.0160. The summed E-state index contributed by atoms with van der Waals surface area (Å²) in [6.45, 7) is 4.00. The van der Waals surface area contributed by atoms with Crippen LogP contribution >= 0.6 is 0 Å². The largest absolute Gasteiger partial charge is 0.511 e. The van der Waals surface area contributed by atoms with Crippen LogP contribution in [0.3, 0.4) is 0 Å². The van der Waals surface area contributed by atoms with Crippen LogP contribution in [0.5, 0.6) is 0 Å². The quantitative estimate of drug-likeness (QED) is 0.853. The van der Waals surface area contributed by atoms with E-state index in [2.05, 4.69) is 0 Å². The van der Waals surface area contributed by atoms with Gasteiger partial charge >= 0.3 is 0 Å². The van der Waals surface area contributed by atoms with Gasteiger partial charge in [0, 0.05) is 0 Å². The summed E-state index contributed by atoms with van der Waals surface area (Å²) in [5, 5.41) is 10.6. The number of allylic oxidation sites excluding steroid dienone is 1. The molecule has 3 nitrogen and oxygen atoms in total. The second kappa shape index (κ2) is 3.95. The molecule has 0 aromatic heterocycles. The van der Waals surface area contributed by atoms with E-state index in [0.717, 1.165) is 29.5 Å². The Morgan fingerprint density at radius 2 is 1.85 bits per heavy atom. The Labute approximate surface area is 118 Å². The van der Waals surface area contributed by atoms with Gasteiger partial charge in [-0.1, -0.05) is 23.8 Å². The minimum atomic E-state index is -0.149. The standard InChI is InChI=1S/C17H18O3/c1-8-3-4-9(2)10(7-8)13-16(18)14-11-5-6-12(20-11)15(14)17(13)19/h3-4,7,11-12,14-15,18H,5-6H2,1-2H3/t11-,12+,14-,15+/m1/s1. The first kappa shape index (κ1) is 12.2. The molecule has 2 heterocycles. The zero-order chi connectivity index (χ0) is 14.0. The van der Waals surface area contributed by atoms with Crippen LogP contribution in [0.25, 0.3) is 5.57 Å². The van der Waals surface area contributed by atoms with Crippen LogP contribution in [0.4, 0.5) is 0 Å². The van der Waals surface area contributed by atoms with Crippen molar-refractivity contribution in [1.29, 1.82) is 0 Å². The first-order valence-corrected chi connectivity index (χ1v) is 7.28. The van der Waals surface area contributed by atoms with E-state index < -0.39 is 0 Å². The molecule has 2 aliphatic heterocycles. The number of hydrogen-bond acceptors (Lipinski definition) is 3. The second-order valence-electron chi connectivity index (χ2n) is 6.28. The van der Waals surface area contributed by atoms with Gasteiger partial charge in [0.15, 0.2) is 5.78 Å². The summed E-state index contributed by atoms with van der Waals surface area (Å²) in [6.07, 6.45) is 1.97. The molecule has 2 saturated heterocycles. The lowest BCUT2D eigenvalue weighted by molar-refractivity contribution is -0.118. The number of aliphatic hydroxyl groups is 1. The van der Waals surface area contributed by atoms with E-state index in [1.165, 1.54) is 0 Å². The van der Waals surface area contributed by atoms with Gasteiger partial charge in [0.25, 0.3) is 0 Å². The van der Waals surface area contributed by atoms with Crippen molar-refractivity contribution in [2.75, 3.05) is 0 Å². The van der Waals surface area contributed by atoms with Crippen LogP contribution in [-0.4, -0.2) is 23.1 Å². The van der Waals surface area contributed by atoms with Gasteiger partial charge in [-0.3, -0.25) is 4.79 Å². The Kier molecular flexibility index (Phi) is 2.40. The summed E-state index contributed by atoms with van der Waals surface area (Å²) >= 11 is 0. The van der Waals surface area contributed by atoms with Gasteiger partial charge in [-0.2, -0.15) is 0 Å². The topological polar surface area (TPSA) is 46.5 Å². The highest BCUT2D eigenvalue weighted by Gasteiger charge is 2.59. The van der Waals surface area contributed by atoms with Crippen molar-refractivity contribution in [2.45, 2.75) is 38.9 Å². The molecule has 20 heavy (non-hydrogen) atoms. The summed E-state index contributed by atoms with van der Waals surface area (Å²) < 4.78 is 5.80. The molecule has 4 atom stereocenters. The number of Topliss-reactive ketones (excluding diaryl/α,β-unsaturated/α-hetero) is 1. The molecule has 1 aromatic carbocycles. The van der Waals surface area contributed by atoms with Crippen molar-refractivity contribution < 1.29 is 14.6 Å². The van der Waals surface area contributed by atoms with E-state index in [1.54, 1.807) is 0 Å². The smallest absolute Gasteiger partial charge is 0.173 e. The third-order valence-electron chi connectivity index (χ3n) is 5.06. The summed E-state index contributed by atoms with van der Waals surface area (Å²) in [5.41, 5.74) is 3.58. The fourth-order valence-electron chi connectivity index (χ4n) is 4.09. The zero-order valence-electron chi connectivity index (χ0n) is 11.7. The molecule has 0 radical (unpaired) electrons. The lowest BCUT2D eigenvalue weighted by Gasteiger charge is -2.19. The number of hydrogen-bond donors (Lipinski definition) is 1. The van der Waals surface area contributed by atoms with Gasteiger partial charge in [0.2, 0.25) is 0 Å². The molecular weight excluding hydrogens is 252 g/mol. The zero-order valence-corrected chi connectivity index (χ0v) is 11.7. The Bertz CT molecular complexity index is 644. The number of fused-ring (bicyclic) bond motifs is 5. The molecule has 104 valence electrons. The summed E-state index contributed by atoms with van der Waals surface area (Å²) in [7, 11) is 0. The van der Waals surface area contributed by atoms with Crippen LogP contribution in [0.1, 0.15) is 29.5 Å². The van der Waals surface area contributed by atoms with Crippen LogP contribution in [-0.2, 0) is 9.53 Å². The third kappa shape index (κ3) is 1.41. The van der Waals surface area contributed by atoms with Crippen molar-refractivity contribution >= 4 is 11.4 Å². The average Bonchev–Trinajstić information content (AvgIpc) is 3.08. The maximum atomic E-state index is 12.8. The number of carbonyl (C=O) groups is 1. The molecule has 3 aliphatic rings. The number of aliphatic hydroxyl groups excluding tert-OH is 1. The van der Waals surface area contributed by atoms with Gasteiger partial charge in [0.1, 0.15) is 5.76 Å². The highest BCUT2D eigenvalue weighted by atomic mass is 16.5. The normalized spacial score (nSPS) is 35.0. The van der Waals surface area contributed by atoms with Crippen LogP contribution in [0, 0.1) is 25.7 Å². The van der Waals surface area contributed by atoms with Crippen LogP contribution < -0.4 is 0 Å². The summed E-state index contributed by atoms with van der Waals surface area (Å²) in [6, 6.07) is 6.05. The maximum Gasteiger partial charge on any atom is 0.173 e. The molecule has 0 spiro atoms. The molecule has 4 rings (SSSR count). The monoisotopic (exact) mass is 270 g/mol. The van der Waals surface area contributed by atoms with E-state index in [0.29, 0.717) is 5.57 Å². The lowest BCUT2D eigenvalue weighted by Crippen LogP contribution is -2.29. The Balaban J connectivity index is 1.86. The Morgan fingerprint density at radius 1 is 1.15 bits per heavy atom. The fraction of sp³-hybridized carbons (Fsp3) is 0.471. The number of rotatable bonds is 1. The van der Waals surface area contributed by atoms with Gasteiger partial charge in [-0.15, -0.1) is 0 Å². The molecule has 1 aromatic rings. The molecule has 0 amide bonds. The lowest BCUT2D eigenvalue weighted by atomic mass is 9.80. The number of benzene rings is 1. The number of carbonyl (C=O) groups excluding carboxylic acids is 1. The molecular formula is C17H18O3. The molecule has 3 heteroatoms. The number of aryl methyl sites for hydroxylation is 2. The Morgan fingerprint density at radius 3 is 2.55 bits per heavy atom. The molecule has 2 bridgehead atoms. The van der Waals surface area contributed by atoms with Crippen LogP contribution in [0.2, 0.25) is 0 Å². The SMILES string of the molecule is Cc1ccc(C)c(C2=C(O)[C@H]3[C@@H](C2=O)[C@@H]2CC[C@H]3O2)c1. The van der Waals surface area contributed by atoms with Gasteiger partial charge in [-0.05, 0) is 37.8 Å².